The minimum Gasteiger partial charge on any atom is -0.404 e. The molecule has 0 bridgehead atoms. The Bertz CT molecular complexity index is 975. The Kier molecular flexibility index (Phi) is 4.71. The molecule has 0 saturated carbocycles. The summed E-state index contributed by atoms with van der Waals surface area (Å²) in [5.41, 5.74) is 5.43. The van der Waals surface area contributed by atoms with Crippen LogP contribution in [-0.2, 0) is 14.7 Å². The van der Waals surface area contributed by atoms with Crippen LogP contribution in [0.5, 0.6) is 5.06 Å². The first-order valence-electron chi connectivity index (χ1n) is 8.41. The maximum absolute atomic E-state index is 14.9. The van der Waals surface area contributed by atoms with Gasteiger partial charge in [0.2, 0.25) is 5.06 Å². The molecule has 0 atom stereocenters. The number of rotatable bonds is 2. The van der Waals surface area contributed by atoms with Gasteiger partial charge in [0.25, 0.3) is 0 Å². The highest BCUT2D eigenvalue weighted by Crippen LogP contribution is 2.41. The van der Waals surface area contributed by atoms with E-state index in [1.54, 1.807) is 0 Å². The summed E-state index contributed by atoms with van der Waals surface area (Å²) in [6, 6.07) is 3.45. The fraction of sp³-hybridized carbons (Fsp3) is 0.444. The van der Waals surface area contributed by atoms with Gasteiger partial charge in [0, 0.05) is 5.39 Å². The zero-order valence-corrected chi connectivity index (χ0v) is 16.6. The Morgan fingerprint density at radius 1 is 1.48 bits per heavy atom. The average molecular weight is 390 g/mol. The molecular formula is C18H20BFN2O4S. The van der Waals surface area contributed by atoms with Crippen LogP contribution in [0, 0.1) is 17.1 Å². The van der Waals surface area contributed by atoms with Gasteiger partial charge in [-0.25, -0.2) is 9.18 Å². The highest BCUT2D eigenvalue weighted by molar-refractivity contribution is 7.21. The van der Waals surface area contributed by atoms with Crippen molar-refractivity contribution in [3.8, 4) is 11.1 Å². The average Bonchev–Trinajstić information content (AvgIpc) is 3.06. The largest absolute Gasteiger partial charge is 0.495 e. The van der Waals surface area contributed by atoms with Crippen molar-refractivity contribution < 1.29 is 23.2 Å². The van der Waals surface area contributed by atoms with Crippen LogP contribution < -0.4 is 15.9 Å². The molecule has 3 rings (SSSR count). The number of hydrogen-bond donors (Lipinski definition) is 1. The van der Waals surface area contributed by atoms with E-state index in [2.05, 4.69) is 0 Å². The van der Waals surface area contributed by atoms with Gasteiger partial charge in [-0.15, -0.1) is 0 Å². The number of carbonyl (C=O) groups is 1. The Balaban J connectivity index is 2.38. The number of fused-ring (bicyclic) bond motifs is 1. The van der Waals surface area contributed by atoms with Crippen molar-refractivity contribution in [3.05, 3.63) is 23.0 Å². The summed E-state index contributed by atoms with van der Waals surface area (Å²) < 4.78 is 31.9. The van der Waals surface area contributed by atoms with Gasteiger partial charge in [0.1, 0.15) is 17.4 Å². The molecule has 1 aromatic carbocycles. The Morgan fingerprint density at radius 2 is 2.15 bits per heavy atom. The molecule has 2 N–H and O–H groups in total. The van der Waals surface area contributed by atoms with Gasteiger partial charge in [-0.05, 0) is 36.4 Å². The van der Waals surface area contributed by atoms with Crippen LogP contribution in [0.25, 0.3) is 10.1 Å². The Hall–Kier alpha value is -2.15. The number of halogens is 1. The van der Waals surface area contributed by atoms with Crippen molar-refractivity contribution in [3.63, 3.8) is 0 Å². The third kappa shape index (κ3) is 3.52. The molecule has 0 spiro atoms. The SMILES string of the molecule is CC1(C)COB(c2c(C(C)(C)C)cc(F)c3sc(OC(N)=O)c(C#N)c23)O1. The van der Waals surface area contributed by atoms with E-state index in [0.717, 1.165) is 11.3 Å². The lowest BCUT2D eigenvalue weighted by Crippen LogP contribution is -2.40. The quantitative estimate of drug-likeness (QED) is 0.795. The number of hydrogen-bond acceptors (Lipinski definition) is 6. The zero-order chi connectivity index (χ0) is 20.1. The van der Waals surface area contributed by atoms with E-state index in [0.29, 0.717) is 23.0 Å². The van der Waals surface area contributed by atoms with Crippen LogP contribution in [0.3, 0.4) is 0 Å². The first-order valence-corrected chi connectivity index (χ1v) is 9.22. The number of thiophene rings is 1. The molecular weight excluding hydrogens is 370 g/mol. The molecule has 1 amide bonds. The molecule has 1 aliphatic heterocycles. The van der Waals surface area contributed by atoms with Crippen molar-refractivity contribution in [2.75, 3.05) is 6.61 Å². The van der Waals surface area contributed by atoms with Crippen molar-refractivity contribution in [2.45, 2.75) is 45.6 Å². The molecule has 2 aromatic rings. The van der Waals surface area contributed by atoms with E-state index < -0.39 is 30.0 Å². The maximum atomic E-state index is 14.9. The summed E-state index contributed by atoms with van der Waals surface area (Å²) in [5.74, 6) is -0.503. The number of nitrogens with zero attached hydrogens (tertiary/aromatic N) is 1. The fourth-order valence-corrected chi connectivity index (χ4v) is 4.18. The summed E-state index contributed by atoms with van der Waals surface area (Å²) in [6.07, 6.45) is -1.06. The van der Waals surface area contributed by atoms with Crippen LogP contribution in [0.15, 0.2) is 6.07 Å². The van der Waals surface area contributed by atoms with Gasteiger partial charge >= 0.3 is 13.2 Å². The van der Waals surface area contributed by atoms with E-state index >= 15 is 0 Å². The predicted molar refractivity (Wildman–Crippen MR) is 102 cm³/mol. The third-order valence-corrected chi connectivity index (χ3v) is 5.36. The lowest BCUT2D eigenvalue weighted by molar-refractivity contribution is 0.137. The predicted octanol–water partition coefficient (Wildman–Crippen LogP) is 3.19. The topological polar surface area (TPSA) is 94.6 Å². The highest BCUT2D eigenvalue weighted by Gasteiger charge is 2.43. The molecule has 1 aliphatic rings. The van der Waals surface area contributed by atoms with E-state index in [-0.39, 0.29) is 15.3 Å². The molecule has 27 heavy (non-hydrogen) atoms. The number of benzene rings is 1. The van der Waals surface area contributed by atoms with Gasteiger partial charge in [0.15, 0.2) is 0 Å². The van der Waals surface area contributed by atoms with Crippen LogP contribution in [0.1, 0.15) is 45.7 Å². The van der Waals surface area contributed by atoms with Crippen LogP contribution in [0.4, 0.5) is 9.18 Å². The van der Waals surface area contributed by atoms with Gasteiger partial charge in [0.05, 0.1) is 16.9 Å². The molecule has 2 heterocycles. The molecule has 1 saturated heterocycles. The van der Waals surface area contributed by atoms with Gasteiger partial charge < -0.3 is 19.8 Å². The van der Waals surface area contributed by atoms with E-state index in [9.17, 15) is 14.4 Å². The summed E-state index contributed by atoms with van der Waals surface area (Å²) in [6.45, 7) is 9.97. The van der Waals surface area contributed by atoms with Gasteiger partial charge in [-0.1, -0.05) is 32.1 Å². The van der Waals surface area contributed by atoms with Crippen molar-refractivity contribution >= 4 is 40.1 Å². The van der Waals surface area contributed by atoms with Crippen LogP contribution in [-0.4, -0.2) is 25.4 Å². The Morgan fingerprint density at radius 3 is 2.63 bits per heavy atom. The monoisotopic (exact) mass is 390 g/mol. The Labute approximate surface area is 161 Å². The number of carbonyl (C=O) groups excluding carboxylic acids is 1. The van der Waals surface area contributed by atoms with Crippen LogP contribution >= 0.6 is 11.3 Å². The molecule has 142 valence electrons. The molecule has 9 heteroatoms. The van der Waals surface area contributed by atoms with E-state index in [4.69, 9.17) is 19.8 Å². The minimum atomic E-state index is -1.06. The second kappa shape index (κ2) is 6.48. The first-order chi connectivity index (χ1) is 12.4. The van der Waals surface area contributed by atoms with Crippen molar-refractivity contribution in [2.24, 2.45) is 5.73 Å². The number of nitriles is 1. The molecule has 0 radical (unpaired) electrons. The number of primary amides is 1. The first kappa shape index (κ1) is 19.6. The fourth-order valence-electron chi connectivity index (χ4n) is 3.15. The summed E-state index contributed by atoms with van der Waals surface area (Å²) in [7, 11) is -0.763. The second-order valence-corrected chi connectivity index (χ2v) is 9.07. The number of amides is 1. The summed E-state index contributed by atoms with van der Waals surface area (Å²) in [5, 5.41) is 9.99. The minimum absolute atomic E-state index is 0.0385. The number of ether oxygens (including phenoxy) is 1. The van der Waals surface area contributed by atoms with E-state index in [1.807, 2.05) is 40.7 Å². The molecule has 0 aliphatic carbocycles. The summed E-state index contributed by atoms with van der Waals surface area (Å²) >= 11 is 0.864. The standard InChI is InChI=1S/C18H20BFN2O4S/c1-17(2,3)10-6-11(20)14-12(9(7-21)15(27-14)25-16(22)23)13(10)19-24-8-18(4,5)26-19/h6H,8H2,1-5H3,(H2,22,23). The van der Waals surface area contributed by atoms with Crippen LogP contribution in [0.2, 0.25) is 0 Å². The van der Waals surface area contributed by atoms with Crippen molar-refractivity contribution in [1.82, 2.24) is 0 Å². The molecule has 6 nitrogen and oxygen atoms in total. The molecule has 1 fully saturated rings. The molecule has 1 aromatic heterocycles. The van der Waals surface area contributed by atoms with Gasteiger partial charge in [-0.3, -0.25) is 0 Å². The lowest BCUT2D eigenvalue weighted by atomic mass is 9.67. The molecule has 0 unspecified atom stereocenters. The third-order valence-electron chi connectivity index (χ3n) is 4.28. The lowest BCUT2D eigenvalue weighted by Gasteiger charge is -2.25. The van der Waals surface area contributed by atoms with Gasteiger partial charge in [-0.2, -0.15) is 5.26 Å². The van der Waals surface area contributed by atoms with Crippen molar-refractivity contribution in [1.29, 1.82) is 5.26 Å². The summed E-state index contributed by atoms with van der Waals surface area (Å²) in [4.78, 5) is 11.2. The normalized spacial score (nSPS) is 16.6. The van der Waals surface area contributed by atoms with E-state index in [1.165, 1.54) is 6.07 Å². The second-order valence-electron chi connectivity index (χ2n) is 8.09. The highest BCUT2D eigenvalue weighted by atomic mass is 32.1. The number of nitrogens with two attached hydrogens (primary N) is 1. The maximum Gasteiger partial charge on any atom is 0.495 e. The zero-order valence-electron chi connectivity index (χ0n) is 15.8. The smallest absolute Gasteiger partial charge is 0.404 e.